The van der Waals surface area contributed by atoms with E-state index in [1.807, 2.05) is 36.2 Å². The quantitative estimate of drug-likeness (QED) is 0.848. The molecule has 0 radical (unpaired) electrons. The molecule has 0 saturated carbocycles. The van der Waals surface area contributed by atoms with Crippen molar-refractivity contribution in [1.82, 2.24) is 9.80 Å². The zero-order chi connectivity index (χ0) is 14.8. The van der Waals surface area contributed by atoms with Crippen LogP contribution in [0.25, 0.3) is 10.8 Å². The van der Waals surface area contributed by atoms with Crippen LogP contribution in [0.2, 0.25) is 0 Å². The van der Waals surface area contributed by atoms with Crippen LogP contribution in [0.5, 0.6) is 5.75 Å². The highest BCUT2D eigenvalue weighted by molar-refractivity contribution is 9.10. The molecule has 0 aliphatic carbocycles. The van der Waals surface area contributed by atoms with E-state index in [1.165, 1.54) is 5.39 Å². The molecule has 0 bridgehead atoms. The normalized spacial score (nSPS) is 15.0. The molecule has 1 heterocycles. The third-order valence-corrected chi connectivity index (χ3v) is 4.20. The SMILES string of the molecule is CN1CCN(CCOc2ccc3cc(Br)ccc3c2)C1=O. The van der Waals surface area contributed by atoms with Crippen LogP contribution < -0.4 is 4.74 Å². The first-order valence-corrected chi connectivity index (χ1v) is 7.75. The van der Waals surface area contributed by atoms with E-state index in [0.717, 1.165) is 28.7 Å². The van der Waals surface area contributed by atoms with Gasteiger partial charge in [0, 0.05) is 24.6 Å². The second kappa shape index (κ2) is 5.93. The Morgan fingerprint density at radius 3 is 2.67 bits per heavy atom. The number of halogens is 1. The highest BCUT2D eigenvalue weighted by Crippen LogP contribution is 2.24. The Labute approximate surface area is 132 Å². The fraction of sp³-hybridized carbons (Fsp3) is 0.312. The van der Waals surface area contributed by atoms with E-state index >= 15 is 0 Å². The topological polar surface area (TPSA) is 32.8 Å². The highest BCUT2D eigenvalue weighted by Gasteiger charge is 2.24. The number of amides is 2. The van der Waals surface area contributed by atoms with E-state index in [4.69, 9.17) is 4.74 Å². The Morgan fingerprint density at radius 1 is 1.14 bits per heavy atom. The van der Waals surface area contributed by atoms with Crippen LogP contribution in [0, 0.1) is 0 Å². The molecule has 0 spiro atoms. The standard InChI is InChI=1S/C16H17BrN2O2/c1-18-6-7-19(16(18)20)8-9-21-15-5-3-12-10-14(17)4-2-13(12)11-15/h2-5,10-11H,6-9H2,1H3. The van der Waals surface area contributed by atoms with Gasteiger partial charge in [-0.25, -0.2) is 4.79 Å². The van der Waals surface area contributed by atoms with Gasteiger partial charge >= 0.3 is 6.03 Å². The summed E-state index contributed by atoms with van der Waals surface area (Å²) in [6.45, 7) is 2.72. The third-order valence-electron chi connectivity index (χ3n) is 3.71. The third kappa shape index (κ3) is 3.13. The van der Waals surface area contributed by atoms with Crippen LogP contribution in [-0.2, 0) is 0 Å². The van der Waals surface area contributed by atoms with Crippen molar-refractivity contribution in [2.45, 2.75) is 0 Å². The van der Waals surface area contributed by atoms with Crippen molar-refractivity contribution in [3.63, 3.8) is 0 Å². The Bertz CT molecular complexity index is 674. The predicted octanol–water partition coefficient (Wildman–Crippen LogP) is 3.35. The van der Waals surface area contributed by atoms with Gasteiger partial charge in [0.25, 0.3) is 0 Å². The summed E-state index contributed by atoms with van der Waals surface area (Å²) in [6.07, 6.45) is 0. The summed E-state index contributed by atoms with van der Waals surface area (Å²) in [5.41, 5.74) is 0. The summed E-state index contributed by atoms with van der Waals surface area (Å²) >= 11 is 3.47. The molecule has 0 aromatic heterocycles. The van der Waals surface area contributed by atoms with Crippen LogP contribution in [-0.4, -0.2) is 49.1 Å². The van der Waals surface area contributed by atoms with E-state index in [9.17, 15) is 4.79 Å². The zero-order valence-corrected chi connectivity index (χ0v) is 13.5. The molecule has 1 aliphatic rings. The van der Waals surface area contributed by atoms with Gasteiger partial charge in [0.15, 0.2) is 0 Å². The fourth-order valence-electron chi connectivity index (χ4n) is 2.47. The maximum absolute atomic E-state index is 11.7. The molecule has 1 fully saturated rings. The van der Waals surface area contributed by atoms with E-state index in [2.05, 4.69) is 28.1 Å². The summed E-state index contributed by atoms with van der Waals surface area (Å²) in [4.78, 5) is 15.3. The van der Waals surface area contributed by atoms with E-state index in [1.54, 1.807) is 4.90 Å². The van der Waals surface area contributed by atoms with Crippen LogP contribution in [0.15, 0.2) is 40.9 Å². The maximum atomic E-state index is 11.7. The molecule has 110 valence electrons. The van der Waals surface area contributed by atoms with Crippen molar-refractivity contribution in [2.75, 3.05) is 33.3 Å². The van der Waals surface area contributed by atoms with E-state index in [-0.39, 0.29) is 6.03 Å². The smallest absolute Gasteiger partial charge is 0.319 e. The number of hydrogen-bond donors (Lipinski definition) is 0. The number of nitrogens with zero attached hydrogens (tertiary/aromatic N) is 2. The summed E-state index contributed by atoms with van der Waals surface area (Å²) in [7, 11) is 1.82. The average Bonchev–Trinajstić information content (AvgIpc) is 2.79. The molecule has 1 aliphatic heterocycles. The molecule has 0 atom stereocenters. The van der Waals surface area contributed by atoms with Crippen molar-refractivity contribution in [1.29, 1.82) is 0 Å². The molecular formula is C16H17BrN2O2. The van der Waals surface area contributed by atoms with Crippen LogP contribution in [0.3, 0.4) is 0 Å². The number of carbonyl (C=O) groups excluding carboxylic acids is 1. The molecule has 2 aromatic rings. The monoisotopic (exact) mass is 348 g/mol. The predicted molar refractivity (Wildman–Crippen MR) is 86.7 cm³/mol. The average molecular weight is 349 g/mol. The lowest BCUT2D eigenvalue weighted by Crippen LogP contribution is -2.32. The Balaban J connectivity index is 1.60. The number of fused-ring (bicyclic) bond motifs is 1. The van der Waals surface area contributed by atoms with Gasteiger partial charge in [-0.1, -0.05) is 28.1 Å². The first-order valence-electron chi connectivity index (χ1n) is 6.96. The van der Waals surface area contributed by atoms with Gasteiger partial charge in [-0.05, 0) is 35.0 Å². The Hall–Kier alpha value is -1.75. The lowest BCUT2D eigenvalue weighted by molar-refractivity contribution is 0.188. The molecule has 5 heteroatoms. The second-order valence-electron chi connectivity index (χ2n) is 5.19. The minimum atomic E-state index is 0.0851. The Kier molecular flexibility index (Phi) is 4.01. The number of urea groups is 1. The minimum absolute atomic E-state index is 0.0851. The molecule has 2 aromatic carbocycles. The molecule has 0 unspecified atom stereocenters. The van der Waals surface area contributed by atoms with Crippen molar-refractivity contribution in [3.8, 4) is 5.75 Å². The van der Waals surface area contributed by atoms with Gasteiger partial charge in [0.2, 0.25) is 0 Å². The second-order valence-corrected chi connectivity index (χ2v) is 6.11. The summed E-state index contributed by atoms with van der Waals surface area (Å²) in [5, 5.41) is 2.32. The largest absolute Gasteiger partial charge is 0.492 e. The summed E-state index contributed by atoms with van der Waals surface area (Å²) in [5.74, 6) is 0.838. The van der Waals surface area contributed by atoms with Crippen LogP contribution in [0.1, 0.15) is 0 Å². The van der Waals surface area contributed by atoms with Gasteiger partial charge < -0.3 is 14.5 Å². The maximum Gasteiger partial charge on any atom is 0.319 e. The summed E-state index contributed by atoms with van der Waals surface area (Å²) < 4.78 is 6.84. The van der Waals surface area contributed by atoms with Crippen molar-refractivity contribution >= 4 is 32.7 Å². The first-order chi connectivity index (χ1) is 10.1. The van der Waals surface area contributed by atoms with E-state index < -0.39 is 0 Å². The van der Waals surface area contributed by atoms with Crippen LogP contribution in [0.4, 0.5) is 4.79 Å². The van der Waals surface area contributed by atoms with Crippen LogP contribution >= 0.6 is 15.9 Å². The van der Waals surface area contributed by atoms with Crippen molar-refractivity contribution < 1.29 is 9.53 Å². The molecule has 21 heavy (non-hydrogen) atoms. The van der Waals surface area contributed by atoms with E-state index in [0.29, 0.717) is 13.2 Å². The van der Waals surface area contributed by atoms with Gasteiger partial charge in [0.1, 0.15) is 12.4 Å². The number of ether oxygens (including phenoxy) is 1. The van der Waals surface area contributed by atoms with Gasteiger partial charge in [-0.15, -0.1) is 0 Å². The Morgan fingerprint density at radius 2 is 1.90 bits per heavy atom. The number of carbonyl (C=O) groups is 1. The lowest BCUT2D eigenvalue weighted by Gasteiger charge is -2.16. The van der Waals surface area contributed by atoms with Gasteiger partial charge in [-0.3, -0.25) is 0 Å². The molecular weight excluding hydrogens is 332 g/mol. The number of rotatable bonds is 4. The zero-order valence-electron chi connectivity index (χ0n) is 11.9. The van der Waals surface area contributed by atoms with Gasteiger partial charge in [0.05, 0.1) is 6.54 Å². The lowest BCUT2D eigenvalue weighted by atomic mass is 10.1. The number of likely N-dealkylation sites (N-methyl/N-ethyl adjacent to an activating group) is 1. The minimum Gasteiger partial charge on any atom is -0.492 e. The summed E-state index contributed by atoms with van der Waals surface area (Å²) in [6, 6.07) is 12.3. The van der Waals surface area contributed by atoms with Crippen molar-refractivity contribution in [2.24, 2.45) is 0 Å². The molecule has 4 nitrogen and oxygen atoms in total. The number of hydrogen-bond acceptors (Lipinski definition) is 2. The first kappa shape index (κ1) is 14.2. The highest BCUT2D eigenvalue weighted by atomic mass is 79.9. The fourth-order valence-corrected chi connectivity index (χ4v) is 2.85. The molecule has 0 N–H and O–H groups in total. The molecule has 3 rings (SSSR count). The molecule has 1 saturated heterocycles. The molecule has 2 amide bonds. The number of benzene rings is 2. The van der Waals surface area contributed by atoms with Crippen molar-refractivity contribution in [3.05, 3.63) is 40.9 Å². The van der Waals surface area contributed by atoms with Gasteiger partial charge in [-0.2, -0.15) is 0 Å².